The number of carboxylic acid groups (broad SMARTS) is 1. The van der Waals surface area contributed by atoms with Crippen LogP contribution in [0.1, 0.15) is 25.2 Å². The summed E-state index contributed by atoms with van der Waals surface area (Å²) in [6.07, 6.45) is -4.60. The maximum absolute atomic E-state index is 12.6. The molecule has 0 amide bonds. The van der Waals surface area contributed by atoms with Gasteiger partial charge in [0.1, 0.15) is 11.7 Å². The van der Waals surface area contributed by atoms with Crippen LogP contribution in [-0.4, -0.2) is 27.1 Å². The zero-order valence-electron chi connectivity index (χ0n) is 10.6. The number of aliphatic carboxylic acids is 1. The Morgan fingerprint density at radius 3 is 2.37 bits per heavy atom. The van der Waals surface area contributed by atoms with E-state index in [2.05, 4.69) is 15.3 Å². The number of aryl methyl sites for hydroxylation is 1. The molecule has 106 valence electrons. The molecule has 0 fully saturated rings. The first kappa shape index (κ1) is 15.2. The van der Waals surface area contributed by atoms with Crippen LogP contribution >= 0.6 is 0 Å². The number of aromatic nitrogens is 2. The van der Waals surface area contributed by atoms with Crippen molar-refractivity contribution in [1.29, 1.82) is 0 Å². The van der Waals surface area contributed by atoms with Crippen LogP contribution in [0.3, 0.4) is 0 Å². The molecule has 0 spiro atoms. The van der Waals surface area contributed by atoms with Crippen molar-refractivity contribution in [2.75, 3.05) is 5.32 Å². The van der Waals surface area contributed by atoms with Gasteiger partial charge in [0.25, 0.3) is 0 Å². The van der Waals surface area contributed by atoms with Crippen molar-refractivity contribution in [3.63, 3.8) is 0 Å². The molecule has 1 atom stereocenters. The Bertz CT molecular complexity index is 475. The van der Waals surface area contributed by atoms with E-state index in [4.69, 9.17) is 5.11 Å². The van der Waals surface area contributed by atoms with Crippen LogP contribution in [-0.2, 0) is 11.0 Å². The lowest BCUT2D eigenvalue weighted by Gasteiger charge is -2.18. The number of nitrogens with one attached hydrogen (secondary N) is 1. The predicted octanol–water partition coefficient (Wildman–Crippen LogP) is 2.32. The molecule has 1 aromatic rings. The summed E-state index contributed by atoms with van der Waals surface area (Å²) in [4.78, 5) is 18.0. The van der Waals surface area contributed by atoms with E-state index in [1.165, 1.54) is 6.92 Å². The van der Waals surface area contributed by atoms with Gasteiger partial charge in [-0.3, -0.25) is 0 Å². The third kappa shape index (κ3) is 4.08. The van der Waals surface area contributed by atoms with Crippen molar-refractivity contribution in [3.05, 3.63) is 17.5 Å². The summed E-state index contributed by atoms with van der Waals surface area (Å²) in [5.74, 6) is -1.84. The highest BCUT2D eigenvalue weighted by molar-refractivity contribution is 5.76. The molecule has 19 heavy (non-hydrogen) atoms. The van der Waals surface area contributed by atoms with Crippen molar-refractivity contribution < 1.29 is 23.1 Å². The number of hydrogen-bond donors (Lipinski definition) is 2. The highest BCUT2D eigenvalue weighted by atomic mass is 19.4. The van der Waals surface area contributed by atoms with Crippen molar-refractivity contribution >= 4 is 11.9 Å². The Labute approximate surface area is 107 Å². The minimum Gasteiger partial charge on any atom is -0.480 e. The topological polar surface area (TPSA) is 75.1 Å². The molecule has 0 bridgehead atoms. The number of anilines is 1. The lowest BCUT2D eigenvalue weighted by molar-refractivity contribution is -0.141. The monoisotopic (exact) mass is 277 g/mol. The summed E-state index contributed by atoms with van der Waals surface area (Å²) in [5.41, 5.74) is -0.992. The number of hydrogen-bond acceptors (Lipinski definition) is 4. The third-order valence-electron chi connectivity index (χ3n) is 2.36. The van der Waals surface area contributed by atoms with Gasteiger partial charge in [-0.2, -0.15) is 13.2 Å². The Morgan fingerprint density at radius 1 is 1.37 bits per heavy atom. The van der Waals surface area contributed by atoms with E-state index in [1.807, 2.05) is 0 Å². The Hall–Kier alpha value is -1.86. The average Bonchev–Trinajstić information content (AvgIpc) is 2.23. The van der Waals surface area contributed by atoms with E-state index in [0.29, 0.717) is 0 Å². The van der Waals surface area contributed by atoms with E-state index < -0.39 is 23.9 Å². The van der Waals surface area contributed by atoms with Gasteiger partial charge in [-0.15, -0.1) is 0 Å². The Balaban J connectivity index is 3.08. The molecule has 5 nitrogen and oxygen atoms in total. The maximum atomic E-state index is 12.6. The van der Waals surface area contributed by atoms with Gasteiger partial charge in [0, 0.05) is 5.69 Å². The molecule has 1 aromatic heterocycles. The van der Waals surface area contributed by atoms with Crippen molar-refractivity contribution in [2.45, 2.75) is 33.0 Å². The molecular formula is C11H14F3N3O2. The second-order valence-electron chi connectivity index (χ2n) is 4.42. The average molecular weight is 277 g/mol. The summed E-state index contributed by atoms with van der Waals surface area (Å²) in [6, 6.07) is -0.251. The predicted molar refractivity (Wildman–Crippen MR) is 61.7 cm³/mol. The summed E-state index contributed by atoms with van der Waals surface area (Å²) >= 11 is 0. The van der Waals surface area contributed by atoms with Crippen LogP contribution in [0.15, 0.2) is 6.07 Å². The number of alkyl halides is 3. The number of halogens is 3. The van der Waals surface area contributed by atoms with Gasteiger partial charge < -0.3 is 10.4 Å². The number of rotatable bonds is 4. The largest absolute Gasteiger partial charge is 0.480 e. The van der Waals surface area contributed by atoms with Gasteiger partial charge in [0.2, 0.25) is 5.95 Å². The van der Waals surface area contributed by atoms with Gasteiger partial charge in [-0.25, -0.2) is 14.8 Å². The van der Waals surface area contributed by atoms with Crippen LogP contribution < -0.4 is 5.32 Å². The van der Waals surface area contributed by atoms with E-state index in [-0.39, 0.29) is 17.6 Å². The fourth-order valence-corrected chi connectivity index (χ4v) is 1.43. The molecule has 0 aliphatic heterocycles. The standard InChI is InChI=1S/C11H14F3N3O2/c1-5(2)8(9(18)19)17-10-15-6(3)4-7(16-10)11(12,13)14/h4-5,8H,1-3H3,(H,18,19)(H,15,16,17)/t8-/m0/s1. The summed E-state index contributed by atoms with van der Waals surface area (Å²) < 4.78 is 37.7. The maximum Gasteiger partial charge on any atom is 0.433 e. The van der Waals surface area contributed by atoms with Crippen LogP contribution in [0.25, 0.3) is 0 Å². The summed E-state index contributed by atoms with van der Waals surface area (Å²) in [7, 11) is 0. The normalized spacial score (nSPS) is 13.4. The minimum atomic E-state index is -4.60. The first-order valence-electron chi connectivity index (χ1n) is 5.53. The fourth-order valence-electron chi connectivity index (χ4n) is 1.43. The smallest absolute Gasteiger partial charge is 0.433 e. The molecule has 0 saturated heterocycles. The molecule has 0 aliphatic carbocycles. The van der Waals surface area contributed by atoms with Gasteiger partial charge in [-0.05, 0) is 18.9 Å². The molecule has 1 heterocycles. The van der Waals surface area contributed by atoms with Crippen LogP contribution in [0.4, 0.5) is 19.1 Å². The highest BCUT2D eigenvalue weighted by Crippen LogP contribution is 2.28. The third-order valence-corrected chi connectivity index (χ3v) is 2.36. The van der Waals surface area contributed by atoms with Crippen molar-refractivity contribution in [3.8, 4) is 0 Å². The van der Waals surface area contributed by atoms with Gasteiger partial charge in [-0.1, -0.05) is 13.8 Å². The van der Waals surface area contributed by atoms with Gasteiger partial charge in [0.05, 0.1) is 0 Å². The van der Waals surface area contributed by atoms with Gasteiger partial charge in [0.15, 0.2) is 0 Å². The first-order chi connectivity index (χ1) is 8.61. The number of carbonyl (C=O) groups is 1. The Morgan fingerprint density at radius 2 is 1.95 bits per heavy atom. The second-order valence-corrected chi connectivity index (χ2v) is 4.42. The quantitative estimate of drug-likeness (QED) is 0.883. The van der Waals surface area contributed by atoms with Crippen molar-refractivity contribution in [2.24, 2.45) is 5.92 Å². The van der Waals surface area contributed by atoms with E-state index in [9.17, 15) is 18.0 Å². The molecule has 0 unspecified atom stereocenters. The molecule has 0 radical (unpaired) electrons. The van der Waals surface area contributed by atoms with Crippen LogP contribution in [0.5, 0.6) is 0 Å². The minimum absolute atomic E-state index is 0.109. The van der Waals surface area contributed by atoms with Crippen LogP contribution in [0, 0.1) is 12.8 Å². The summed E-state index contributed by atoms with van der Waals surface area (Å²) in [5, 5.41) is 11.4. The lowest BCUT2D eigenvalue weighted by Crippen LogP contribution is -2.35. The van der Waals surface area contributed by atoms with E-state index in [0.717, 1.165) is 6.07 Å². The SMILES string of the molecule is Cc1cc(C(F)(F)F)nc(N[C@H](C(=O)O)C(C)C)n1. The molecule has 1 rings (SSSR count). The molecule has 8 heteroatoms. The second kappa shape index (κ2) is 5.41. The van der Waals surface area contributed by atoms with Gasteiger partial charge >= 0.3 is 12.1 Å². The fraction of sp³-hybridized carbons (Fsp3) is 0.545. The lowest BCUT2D eigenvalue weighted by atomic mass is 10.1. The Kier molecular flexibility index (Phi) is 4.33. The zero-order chi connectivity index (χ0) is 14.8. The zero-order valence-corrected chi connectivity index (χ0v) is 10.6. The molecule has 2 N–H and O–H groups in total. The first-order valence-corrected chi connectivity index (χ1v) is 5.53. The molecule has 0 aliphatic rings. The summed E-state index contributed by atoms with van der Waals surface area (Å²) in [6.45, 7) is 4.64. The molecular weight excluding hydrogens is 263 g/mol. The number of carboxylic acids is 1. The molecule has 0 aromatic carbocycles. The van der Waals surface area contributed by atoms with E-state index in [1.54, 1.807) is 13.8 Å². The van der Waals surface area contributed by atoms with E-state index >= 15 is 0 Å². The number of nitrogens with zero attached hydrogens (tertiary/aromatic N) is 2. The van der Waals surface area contributed by atoms with Crippen molar-refractivity contribution in [1.82, 2.24) is 9.97 Å². The highest BCUT2D eigenvalue weighted by Gasteiger charge is 2.34. The van der Waals surface area contributed by atoms with Crippen LogP contribution in [0.2, 0.25) is 0 Å². The molecule has 0 saturated carbocycles.